The predicted molar refractivity (Wildman–Crippen MR) is 127 cm³/mol. The Labute approximate surface area is 195 Å². The third kappa shape index (κ3) is 6.10. The zero-order valence-electron chi connectivity index (χ0n) is 21.4. The molecule has 0 bridgehead atoms. The Bertz CT molecular complexity index is 1010. The van der Waals surface area contributed by atoms with E-state index in [1.165, 1.54) is 17.7 Å². The summed E-state index contributed by atoms with van der Waals surface area (Å²) in [6, 6.07) is 0. The minimum Gasteiger partial charge on any atom is -0.459 e. The van der Waals surface area contributed by atoms with Crippen LogP contribution in [0.3, 0.4) is 0 Å². The van der Waals surface area contributed by atoms with Crippen molar-refractivity contribution in [1.29, 1.82) is 0 Å². The van der Waals surface area contributed by atoms with Crippen molar-refractivity contribution < 1.29 is 23.5 Å². The van der Waals surface area contributed by atoms with E-state index in [2.05, 4.69) is 25.8 Å². The van der Waals surface area contributed by atoms with Crippen LogP contribution in [0.1, 0.15) is 66.7 Å². The number of nitrogens with one attached hydrogen (secondary N) is 1. The molecule has 0 spiro atoms. The standard InChI is InChI=1S/C23H38N2O7Si/c1-13-12-25(21(29)24-20(13)28)16-11-15(30-14(2)26)17(31-16)18(19(27)22(3,4)5)32-33(9,10)23(6,7)8/h12,15-18H,11H2,1-10H3,(H,24,28,29)/t15-,16+,17-,18+/m0/s1. The summed E-state index contributed by atoms with van der Waals surface area (Å²) in [5.41, 5.74) is -1.52. The van der Waals surface area contributed by atoms with Crippen LogP contribution in [0.15, 0.2) is 15.8 Å². The first-order valence-corrected chi connectivity index (χ1v) is 14.1. The first-order chi connectivity index (χ1) is 14.8. The molecule has 1 aromatic rings. The average molecular weight is 483 g/mol. The fourth-order valence-electron chi connectivity index (χ4n) is 3.42. The summed E-state index contributed by atoms with van der Waals surface area (Å²) in [7, 11) is -2.43. The highest BCUT2D eigenvalue weighted by molar-refractivity contribution is 6.74. The van der Waals surface area contributed by atoms with Gasteiger partial charge in [-0.2, -0.15) is 0 Å². The Morgan fingerprint density at radius 3 is 2.24 bits per heavy atom. The van der Waals surface area contributed by atoms with Gasteiger partial charge < -0.3 is 13.9 Å². The first kappa shape index (κ1) is 27.2. The van der Waals surface area contributed by atoms with Gasteiger partial charge in [-0.3, -0.25) is 23.9 Å². The van der Waals surface area contributed by atoms with Crippen molar-refractivity contribution in [2.45, 2.75) is 104 Å². The van der Waals surface area contributed by atoms with E-state index in [4.69, 9.17) is 13.9 Å². The predicted octanol–water partition coefficient (Wildman–Crippen LogP) is 3.07. The van der Waals surface area contributed by atoms with Crippen LogP contribution in [0, 0.1) is 12.3 Å². The van der Waals surface area contributed by atoms with Gasteiger partial charge in [0.1, 0.15) is 24.5 Å². The number of aryl methyl sites for hydroxylation is 1. The molecule has 1 aromatic heterocycles. The number of aromatic amines is 1. The molecule has 0 aromatic carbocycles. The molecular weight excluding hydrogens is 444 g/mol. The molecule has 1 N–H and O–H groups in total. The van der Waals surface area contributed by atoms with Gasteiger partial charge in [0.15, 0.2) is 14.1 Å². The molecule has 1 fully saturated rings. The van der Waals surface area contributed by atoms with Gasteiger partial charge in [0.2, 0.25) is 0 Å². The summed E-state index contributed by atoms with van der Waals surface area (Å²) in [4.78, 5) is 52.0. The smallest absolute Gasteiger partial charge is 0.330 e. The fraction of sp³-hybridized carbons (Fsp3) is 0.739. The number of ether oxygens (including phenoxy) is 2. The molecule has 0 unspecified atom stereocenters. The zero-order valence-corrected chi connectivity index (χ0v) is 22.4. The van der Waals surface area contributed by atoms with E-state index in [0.717, 1.165) is 0 Å². The normalized spacial score (nSPS) is 22.8. The molecule has 33 heavy (non-hydrogen) atoms. The van der Waals surface area contributed by atoms with Crippen LogP contribution in [-0.4, -0.2) is 47.9 Å². The van der Waals surface area contributed by atoms with Crippen molar-refractivity contribution in [3.63, 3.8) is 0 Å². The third-order valence-corrected chi connectivity index (χ3v) is 10.9. The van der Waals surface area contributed by atoms with E-state index in [1.54, 1.807) is 27.7 Å². The Morgan fingerprint density at radius 1 is 1.18 bits per heavy atom. The average Bonchev–Trinajstić information content (AvgIpc) is 3.03. The van der Waals surface area contributed by atoms with Crippen molar-refractivity contribution >= 4 is 20.1 Å². The van der Waals surface area contributed by atoms with Crippen LogP contribution >= 0.6 is 0 Å². The Balaban J connectivity index is 2.55. The monoisotopic (exact) mass is 482 g/mol. The lowest BCUT2D eigenvalue weighted by Gasteiger charge is -2.42. The van der Waals surface area contributed by atoms with E-state index in [-0.39, 0.29) is 17.2 Å². The molecular formula is C23H38N2O7Si. The van der Waals surface area contributed by atoms with E-state index in [0.29, 0.717) is 5.56 Å². The topological polar surface area (TPSA) is 117 Å². The van der Waals surface area contributed by atoms with Crippen LogP contribution in [0.4, 0.5) is 0 Å². The number of carbonyl (C=O) groups is 2. The summed E-state index contributed by atoms with van der Waals surface area (Å²) in [5, 5.41) is -0.175. The van der Waals surface area contributed by atoms with Crippen LogP contribution in [0.5, 0.6) is 0 Å². The van der Waals surface area contributed by atoms with Gasteiger partial charge in [0.05, 0.1) is 0 Å². The molecule has 1 aliphatic heterocycles. The lowest BCUT2D eigenvalue weighted by atomic mass is 9.85. The Morgan fingerprint density at radius 2 is 1.76 bits per heavy atom. The van der Waals surface area contributed by atoms with Gasteiger partial charge in [0.25, 0.3) is 5.56 Å². The molecule has 9 nitrogen and oxygen atoms in total. The van der Waals surface area contributed by atoms with Crippen molar-refractivity contribution in [2.75, 3.05) is 0 Å². The summed E-state index contributed by atoms with van der Waals surface area (Å²) in [6.07, 6.45) is -1.97. The van der Waals surface area contributed by atoms with Gasteiger partial charge in [-0.05, 0) is 25.1 Å². The SMILES string of the molecule is CC(=O)O[C@H]1C[C@H](n2cc(C)c(=O)[nH]c2=O)O[C@@H]1[C@@H](O[Si](C)(C)C(C)(C)C)C(=O)C(C)(C)C. The van der Waals surface area contributed by atoms with Crippen LogP contribution in [0.2, 0.25) is 18.1 Å². The maximum Gasteiger partial charge on any atom is 0.330 e. The minimum absolute atomic E-state index is 0.143. The number of hydrogen-bond donors (Lipinski definition) is 1. The molecule has 2 heterocycles. The second kappa shape index (κ2) is 9.30. The number of Topliss-reactive ketones (excluding diaryl/α,β-unsaturated/α-hetero) is 1. The zero-order chi connectivity index (χ0) is 25.5. The highest BCUT2D eigenvalue weighted by Gasteiger charge is 2.51. The minimum atomic E-state index is -2.43. The second-order valence-corrected chi connectivity index (χ2v) is 16.1. The molecule has 0 aliphatic carbocycles. The second-order valence-electron chi connectivity index (χ2n) is 11.3. The van der Waals surface area contributed by atoms with Gasteiger partial charge >= 0.3 is 11.7 Å². The van der Waals surface area contributed by atoms with Crippen molar-refractivity contribution in [3.05, 3.63) is 32.6 Å². The van der Waals surface area contributed by atoms with Crippen LogP contribution in [0.25, 0.3) is 0 Å². The van der Waals surface area contributed by atoms with E-state index >= 15 is 0 Å². The summed E-state index contributed by atoms with van der Waals surface area (Å²) >= 11 is 0. The molecule has 186 valence electrons. The number of rotatable bonds is 6. The van der Waals surface area contributed by atoms with E-state index in [1.807, 2.05) is 13.1 Å². The Hall–Kier alpha value is -2.04. The number of carbonyl (C=O) groups excluding carboxylic acids is 2. The molecule has 2 rings (SSSR count). The number of aromatic nitrogens is 2. The molecule has 0 saturated carbocycles. The summed E-state index contributed by atoms with van der Waals surface area (Å²) in [6.45, 7) is 18.6. The molecule has 0 radical (unpaired) electrons. The van der Waals surface area contributed by atoms with Crippen LogP contribution < -0.4 is 11.2 Å². The quantitative estimate of drug-likeness (QED) is 0.489. The molecule has 0 amide bonds. The number of nitrogens with zero attached hydrogens (tertiary/aromatic N) is 1. The number of esters is 1. The van der Waals surface area contributed by atoms with Crippen LogP contribution in [-0.2, 0) is 23.5 Å². The number of ketones is 1. The maximum absolute atomic E-state index is 13.6. The summed E-state index contributed by atoms with van der Waals surface area (Å²) < 4.78 is 19.6. The highest BCUT2D eigenvalue weighted by Crippen LogP contribution is 2.41. The molecule has 1 aliphatic rings. The van der Waals surface area contributed by atoms with Gasteiger partial charge in [0, 0.05) is 30.5 Å². The number of H-pyrrole nitrogens is 1. The highest BCUT2D eigenvalue weighted by atomic mass is 28.4. The van der Waals surface area contributed by atoms with E-state index < -0.39 is 55.5 Å². The molecule has 1 saturated heterocycles. The lowest BCUT2D eigenvalue weighted by Crippen LogP contribution is -2.54. The number of hydrogen-bond acceptors (Lipinski definition) is 7. The lowest BCUT2D eigenvalue weighted by molar-refractivity contribution is -0.159. The van der Waals surface area contributed by atoms with E-state index in [9.17, 15) is 19.2 Å². The van der Waals surface area contributed by atoms with Gasteiger partial charge in [-0.15, -0.1) is 0 Å². The van der Waals surface area contributed by atoms with Gasteiger partial charge in [-0.1, -0.05) is 41.5 Å². The fourth-order valence-corrected chi connectivity index (χ4v) is 4.65. The Kier molecular flexibility index (Phi) is 7.67. The molecule has 10 heteroatoms. The largest absolute Gasteiger partial charge is 0.459 e. The van der Waals surface area contributed by atoms with Crippen molar-refractivity contribution in [3.8, 4) is 0 Å². The molecule has 4 atom stereocenters. The van der Waals surface area contributed by atoms with Gasteiger partial charge in [-0.25, -0.2) is 4.79 Å². The summed E-state index contributed by atoms with van der Waals surface area (Å²) in [5.74, 6) is -0.686. The maximum atomic E-state index is 13.6. The third-order valence-electron chi connectivity index (χ3n) is 6.41. The first-order valence-electron chi connectivity index (χ1n) is 11.2. The van der Waals surface area contributed by atoms with Crippen molar-refractivity contribution in [2.24, 2.45) is 5.41 Å². The van der Waals surface area contributed by atoms with Crippen molar-refractivity contribution in [1.82, 2.24) is 9.55 Å².